The normalized spacial score (nSPS) is 12.8. The molecule has 0 spiro atoms. The summed E-state index contributed by atoms with van der Waals surface area (Å²) in [5, 5.41) is 6.74. The van der Waals surface area contributed by atoms with E-state index in [1.165, 1.54) is 5.56 Å². The second-order valence-electron chi connectivity index (χ2n) is 7.01. The molecule has 2 N–H and O–H groups in total. The number of nitrogens with one attached hydrogen (secondary N) is 2. The number of hydrogen-bond donors (Lipinski definition) is 2. The van der Waals surface area contributed by atoms with E-state index in [-0.39, 0.29) is 41.8 Å². The molecule has 0 bridgehead atoms. The molecule has 0 aliphatic carbocycles. The first-order valence-corrected chi connectivity index (χ1v) is 8.56. The van der Waals surface area contributed by atoms with Crippen molar-refractivity contribution in [3.05, 3.63) is 35.9 Å². The summed E-state index contributed by atoms with van der Waals surface area (Å²) < 4.78 is 0. The van der Waals surface area contributed by atoms with Gasteiger partial charge in [0.1, 0.15) is 6.54 Å². The number of rotatable bonds is 7. The zero-order chi connectivity index (χ0) is 18.2. The second-order valence-corrected chi connectivity index (χ2v) is 7.01. The van der Waals surface area contributed by atoms with Crippen LogP contribution in [0.4, 0.5) is 0 Å². The highest BCUT2D eigenvalue weighted by molar-refractivity contribution is 14.0. The van der Waals surface area contributed by atoms with Crippen LogP contribution < -0.4 is 10.6 Å². The van der Waals surface area contributed by atoms with Gasteiger partial charge in [-0.05, 0) is 18.9 Å². The Balaban J connectivity index is 0.00000576. The van der Waals surface area contributed by atoms with Crippen LogP contribution in [0.3, 0.4) is 0 Å². The zero-order valence-electron chi connectivity index (χ0n) is 16.3. The van der Waals surface area contributed by atoms with E-state index in [9.17, 15) is 4.79 Å². The lowest BCUT2D eigenvalue weighted by Crippen LogP contribution is -2.46. The lowest BCUT2D eigenvalue weighted by atomic mass is 9.85. The SMILES string of the molecule is CCC(C)NC(=NCC(=O)N(C)C)NCC(C)(C)c1ccccc1.I. The van der Waals surface area contributed by atoms with Gasteiger partial charge in [0.05, 0.1) is 0 Å². The number of halogens is 1. The maximum absolute atomic E-state index is 11.8. The Kier molecular flexibility index (Phi) is 10.7. The third kappa shape index (κ3) is 8.56. The third-order valence-corrected chi connectivity index (χ3v) is 4.12. The maximum atomic E-state index is 11.8. The molecule has 0 saturated carbocycles. The highest BCUT2D eigenvalue weighted by Crippen LogP contribution is 2.21. The molecule has 6 heteroatoms. The Morgan fingerprint density at radius 3 is 2.36 bits per heavy atom. The van der Waals surface area contributed by atoms with Gasteiger partial charge in [-0.25, -0.2) is 4.99 Å². The minimum atomic E-state index is -0.0370. The number of amides is 1. The Morgan fingerprint density at radius 2 is 1.84 bits per heavy atom. The first-order chi connectivity index (χ1) is 11.3. The molecular weight excluding hydrogens is 427 g/mol. The van der Waals surface area contributed by atoms with Gasteiger partial charge in [0.25, 0.3) is 0 Å². The van der Waals surface area contributed by atoms with Crippen LogP contribution in [-0.2, 0) is 10.2 Å². The fraction of sp³-hybridized carbons (Fsp3) is 0.579. The molecule has 0 fully saturated rings. The minimum absolute atomic E-state index is 0. The topological polar surface area (TPSA) is 56.7 Å². The van der Waals surface area contributed by atoms with Gasteiger partial charge < -0.3 is 15.5 Å². The number of carbonyl (C=O) groups excluding carboxylic acids is 1. The van der Waals surface area contributed by atoms with Crippen molar-refractivity contribution in [2.75, 3.05) is 27.2 Å². The van der Waals surface area contributed by atoms with Gasteiger partial charge >= 0.3 is 0 Å². The van der Waals surface area contributed by atoms with E-state index in [1.54, 1.807) is 19.0 Å². The predicted octanol–water partition coefficient (Wildman–Crippen LogP) is 3.00. The third-order valence-electron chi connectivity index (χ3n) is 4.12. The molecule has 0 aliphatic heterocycles. The lowest BCUT2D eigenvalue weighted by Gasteiger charge is -2.27. The van der Waals surface area contributed by atoms with Crippen molar-refractivity contribution in [2.45, 2.75) is 45.6 Å². The average Bonchev–Trinajstić information content (AvgIpc) is 2.57. The van der Waals surface area contributed by atoms with Crippen LogP contribution in [0.15, 0.2) is 35.3 Å². The number of hydrogen-bond acceptors (Lipinski definition) is 2. The van der Waals surface area contributed by atoms with Crippen LogP contribution in [0.5, 0.6) is 0 Å². The number of nitrogens with zero attached hydrogens (tertiary/aromatic N) is 2. The van der Waals surface area contributed by atoms with E-state index >= 15 is 0 Å². The van der Waals surface area contributed by atoms with Gasteiger partial charge in [-0.2, -0.15) is 0 Å². The molecule has 1 atom stereocenters. The quantitative estimate of drug-likeness (QED) is 0.374. The Hall–Kier alpha value is -1.31. The van der Waals surface area contributed by atoms with Crippen molar-refractivity contribution < 1.29 is 4.79 Å². The predicted molar refractivity (Wildman–Crippen MR) is 117 cm³/mol. The Labute approximate surface area is 169 Å². The van der Waals surface area contributed by atoms with Crippen molar-refractivity contribution in [3.63, 3.8) is 0 Å². The summed E-state index contributed by atoms with van der Waals surface area (Å²) in [7, 11) is 3.48. The molecule has 0 heterocycles. The van der Waals surface area contributed by atoms with E-state index in [4.69, 9.17) is 0 Å². The average molecular weight is 460 g/mol. The van der Waals surface area contributed by atoms with Gasteiger partial charge in [-0.1, -0.05) is 51.1 Å². The summed E-state index contributed by atoms with van der Waals surface area (Å²) >= 11 is 0. The lowest BCUT2D eigenvalue weighted by molar-refractivity contribution is -0.127. The number of carbonyl (C=O) groups is 1. The van der Waals surface area contributed by atoms with E-state index in [1.807, 2.05) is 6.07 Å². The zero-order valence-corrected chi connectivity index (χ0v) is 18.6. The van der Waals surface area contributed by atoms with Gasteiger partial charge in [0.2, 0.25) is 5.91 Å². The van der Waals surface area contributed by atoms with Crippen LogP contribution in [0.25, 0.3) is 0 Å². The standard InChI is InChI=1S/C19H32N4O.HI/c1-7-15(2)22-18(20-13-17(24)23(5)6)21-14-19(3,4)16-11-9-8-10-12-16;/h8-12,15H,7,13-14H2,1-6H3,(H2,20,21,22);1H. The molecule has 142 valence electrons. The maximum Gasteiger partial charge on any atom is 0.243 e. The molecular formula is C19H33IN4O. The van der Waals surface area contributed by atoms with Crippen molar-refractivity contribution in [1.29, 1.82) is 0 Å². The molecule has 5 nitrogen and oxygen atoms in total. The highest BCUT2D eigenvalue weighted by Gasteiger charge is 2.21. The summed E-state index contributed by atoms with van der Waals surface area (Å²) in [5.74, 6) is 0.672. The first kappa shape index (κ1) is 23.7. The minimum Gasteiger partial charge on any atom is -0.356 e. The van der Waals surface area contributed by atoms with E-state index in [2.05, 4.69) is 67.6 Å². The van der Waals surface area contributed by atoms with Crippen LogP contribution in [0, 0.1) is 0 Å². The summed E-state index contributed by atoms with van der Waals surface area (Å²) in [5.41, 5.74) is 1.23. The monoisotopic (exact) mass is 460 g/mol. The molecule has 0 radical (unpaired) electrons. The van der Waals surface area contributed by atoms with Crippen LogP contribution in [0.1, 0.15) is 39.7 Å². The van der Waals surface area contributed by atoms with Crippen molar-refractivity contribution in [1.82, 2.24) is 15.5 Å². The van der Waals surface area contributed by atoms with Crippen molar-refractivity contribution in [3.8, 4) is 0 Å². The summed E-state index contributed by atoms with van der Waals surface area (Å²) in [4.78, 5) is 17.8. The fourth-order valence-corrected chi connectivity index (χ4v) is 2.07. The van der Waals surface area contributed by atoms with E-state index in [0.717, 1.165) is 13.0 Å². The fourth-order valence-electron chi connectivity index (χ4n) is 2.07. The Morgan fingerprint density at radius 1 is 1.24 bits per heavy atom. The number of aliphatic imine (C=N–C) groups is 1. The van der Waals surface area contributed by atoms with Gasteiger partial charge in [0.15, 0.2) is 5.96 Å². The largest absolute Gasteiger partial charge is 0.356 e. The first-order valence-electron chi connectivity index (χ1n) is 8.56. The molecule has 0 aromatic heterocycles. The number of guanidine groups is 1. The van der Waals surface area contributed by atoms with E-state index < -0.39 is 0 Å². The smallest absolute Gasteiger partial charge is 0.243 e. The number of benzene rings is 1. The van der Waals surface area contributed by atoms with Gasteiger partial charge in [-0.15, -0.1) is 24.0 Å². The van der Waals surface area contributed by atoms with Gasteiger partial charge in [-0.3, -0.25) is 4.79 Å². The molecule has 0 saturated heterocycles. The molecule has 25 heavy (non-hydrogen) atoms. The molecule has 1 amide bonds. The summed E-state index contributed by atoms with van der Waals surface area (Å²) in [6.07, 6.45) is 0.990. The van der Waals surface area contributed by atoms with Crippen LogP contribution in [-0.4, -0.2) is 50.0 Å². The van der Waals surface area contributed by atoms with Gasteiger partial charge in [0, 0.05) is 32.1 Å². The molecule has 0 aliphatic rings. The van der Waals surface area contributed by atoms with Crippen LogP contribution in [0.2, 0.25) is 0 Å². The van der Waals surface area contributed by atoms with E-state index in [0.29, 0.717) is 12.0 Å². The van der Waals surface area contributed by atoms with Crippen molar-refractivity contribution in [2.24, 2.45) is 4.99 Å². The second kappa shape index (κ2) is 11.3. The van der Waals surface area contributed by atoms with Crippen LogP contribution >= 0.6 is 24.0 Å². The van der Waals surface area contributed by atoms with Crippen molar-refractivity contribution >= 4 is 35.8 Å². The molecule has 1 aromatic carbocycles. The molecule has 1 unspecified atom stereocenters. The highest BCUT2D eigenvalue weighted by atomic mass is 127. The number of likely N-dealkylation sites (N-methyl/N-ethyl adjacent to an activating group) is 1. The summed E-state index contributed by atoms with van der Waals surface area (Å²) in [6.45, 7) is 9.49. The summed E-state index contributed by atoms with van der Waals surface area (Å²) in [6, 6.07) is 10.7. The molecule has 1 aromatic rings. The molecule has 1 rings (SSSR count). The Bertz CT molecular complexity index is 544.